The Morgan fingerprint density at radius 1 is 1.25 bits per heavy atom. The summed E-state index contributed by atoms with van der Waals surface area (Å²) in [5.41, 5.74) is 1.72. The van der Waals surface area contributed by atoms with E-state index in [9.17, 15) is 4.79 Å². The number of aliphatic imine (C=N–C) groups is 1. The van der Waals surface area contributed by atoms with E-state index >= 15 is 0 Å². The SMILES string of the molecule is CCCNC(=O)c1cccc(CN=C(NCC)NC2CN(C(C)C)CC2C)c1. The average molecular weight is 388 g/mol. The predicted octanol–water partition coefficient (Wildman–Crippen LogP) is 2.61. The monoisotopic (exact) mass is 387 g/mol. The third kappa shape index (κ3) is 6.51. The zero-order valence-corrected chi connectivity index (χ0v) is 18.1. The molecule has 0 aliphatic carbocycles. The molecule has 28 heavy (non-hydrogen) atoms. The lowest BCUT2D eigenvalue weighted by molar-refractivity contribution is 0.0953. The summed E-state index contributed by atoms with van der Waals surface area (Å²) in [6.07, 6.45) is 0.932. The maximum Gasteiger partial charge on any atom is 0.251 e. The number of nitrogens with one attached hydrogen (secondary N) is 3. The number of hydrogen-bond acceptors (Lipinski definition) is 3. The lowest BCUT2D eigenvalue weighted by atomic mass is 10.1. The summed E-state index contributed by atoms with van der Waals surface area (Å²) in [5.74, 6) is 1.40. The Labute approximate surface area is 170 Å². The van der Waals surface area contributed by atoms with Crippen molar-refractivity contribution in [2.45, 2.75) is 59.7 Å². The third-order valence-corrected chi connectivity index (χ3v) is 5.18. The first kappa shape index (κ1) is 22.2. The second-order valence-electron chi connectivity index (χ2n) is 7.93. The molecule has 0 radical (unpaired) electrons. The minimum Gasteiger partial charge on any atom is -0.357 e. The Balaban J connectivity index is 2.01. The first-order chi connectivity index (χ1) is 13.4. The van der Waals surface area contributed by atoms with Gasteiger partial charge in [0.15, 0.2) is 5.96 Å². The van der Waals surface area contributed by atoms with Gasteiger partial charge in [-0.2, -0.15) is 0 Å². The number of nitrogens with zero attached hydrogens (tertiary/aromatic N) is 2. The Morgan fingerprint density at radius 2 is 2.04 bits per heavy atom. The molecule has 1 saturated heterocycles. The van der Waals surface area contributed by atoms with Crippen molar-refractivity contribution in [2.24, 2.45) is 10.9 Å². The number of carbonyl (C=O) groups is 1. The molecule has 1 aromatic rings. The van der Waals surface area contributed by atoms with Crippen molar-refractivity contribution in [1.82, 2.24) is 20.9 Å². The minimum atomic E-state index is -0.0220. The third-order valence-electron chi connectivity index (χ3n) is 5.18. The van der Waals surface area contributed by atoms with E-state index in [1.807, 2.05) is 31.2 Å². The molecule has 1 aliphatic heterocycles. The van der Waals surface area contributed by atoms with Gasteiger partial charge in [0, 0.05) is 43.8 Å². The Kier molecular flexibility index (Phi) is 8.77. The maximum absolute atomic E-state index is 12.2. The van der Waals surface area contributed by atoms with Crippen LogP contribution in [-0.4, -0.2) is 55.0 Å². The Morgan fingerprint density at radius 3 is 2.68 bits per heavy atom. The van der Waals surface area contributed by atoms with Gasteiger partial charge < -0.3 is 16.0 Å². The van der Waals surface area contributed by atoms with Gasteiger partial charge in [0.25, 0.3) is 5.91 Å². The zero-order valence-electron chi connectivity index (χ0n) is 18.1. The molecule has 1 heterocycles. The quantitative estimate of drug-likeness (QED) is 0.474. The second kappa shape index (κ2) is 11.1. The number of rotatable bonds is 8. The molecule has 0 saturated carbocycles. The molecule has 0 bridgehead atoms. The molecule has 2 unspecified atom stereocenters. The fourth-order valence-corrected chi connectivity index (χ4v) is 3.43. The summed E-state index contributed by atoms with van der Waals surface area (Å²) in [4.78, 5) is 19.4. The molecule has 2 atom stereocenters. The van der Waals surface area contributed by atoms with Crippen LogP contribution in [0, 0.1) is 5.92 Å². The highest BCUT2D eigenvalue weighted by Crippen LogP contribution is 2.18. The number of guanidine groups is 1. The van der Waals surface area contributed by atoms with Crippen LogP contribution < -0.4 is 16.0 Å². The van der Waals surface area contributed by atoms with Crippen LogP contribution in [-0.2, 0) is 6.54 Å². The normalized spacial score (nSPS) is 20.4. The molecule has 156 valence electrons. The summed E-state index contributed by atoms with van der Waals surface area (Å²) in [7, 11) is 0. The highest BCUT2D eigenvalue weighted by Gasteiger charge is 2.31. The highest BCUT2D eigenvalue weighted by atomic mass is 16.1. The molecule has 6 heteroatoms. The van der Waals surface area contributed by atoms with E-state index in [-0.39, 0.29) is 5.91 Å². The second-order valence-corrected chi connectivity index (χ2v) is 7.93. The summed E-state index contributed by atoms with van der Waals surface area (Å²) in [6, 6.07) is 8.68. The Bertz CT molecular complexity index is 658. The van der Waals surface area contributed by atoms with Crippen LogP contribution in [0.15, 0.2) is 29.3 Å². The van der Waals surface area contributed by atoms with Crippen LogP contribution in [0.4, 0.5) is 0 Å². The molecule has 1 fully saturated rings. The topological polar surface area (TPSA) is 68.8 Å². The van der Waals surface area contributed by atoms with Gasteiger partial charge >= 0.3 is 0 Å². The maximum atomic E-state index is 12.2. The van der Waals surface area contributed by atoms with Crippen molar-refractivity contribution in [3.63, 3.8) is 0 Å². The molecule has 1 amide bonds. The molecule has 1 aliphatic rings. The van der Waals surface area contributed by atoms with Crippen molar-refractivity contribution in [1.29, 1.82) is 0 Å². The van der Waals surface area contributed by atoms with Gasteiger partial charge in [-0.1, -0.05) is 26.0 Å². The lowest BCUT2D eigenvalue weighted by Gasteiger charge is -2.22. The van der Waals surface area contributed by atoms with Crippen molar-refractivity contribution < 1.29 is 4.79 Å². The van der Waals surface area contributed by atoms with Gasteiger partial charge in [0.05, 0.1) is 6.54 Å². The van der Waals surface area contributed by atoms with E-state index in [0.717, 1.165) is 37.6 Å². The summed E-state index contributed by atoms with van der Waals surface area (Å²) >= 11 is 0. The molecule has 6 nitrogen and oxygen atoms in total. The molecule has 1 aromatic carbocycles. The van der Waals surface area contributed by atoms with Crippen LogP contribution in [0.5, 0.6) is 0 Å². The summed E-state index contributed by atoms with van der Waals surface area (Å²) in [5, 5.41) is 9.88. The lowest BCUT2D eigenvalue weighted by Crippen LogP contribution is -2.46. The van der Waals surface area contributed by atoms with Crippen molar-refractivity contribution in [2.75, 3.05) is 26.2 Å². The number of carbonyl (C=O) groups excluding carboxylic acids is 1. The number of hydrogen-bond donors (Lipinski definition) is 3. The average Bonchev–Trinajstić information content (AvgIpc) is 3.05. The molecule has 3 N–H and O–H groups in total. The van der Waals surface area contributed by atoms with Crippen molar-refractivity contribution in [3.05, 3.63) is 35.4 Å². The van der Waals surface area contributed by atoms with Crippen LogP contribution in [0.2, 0.25) is 0 Å². The van der Waals surface area contributed by atoms with E-state index in [0.29, 0.717) is 36.7 Å². The van der Waals surface area contributed by atoms with Crippen LogP contribution in [0.25, 0.3) is 0 Å². The number of benzene rings is 1. The van der Waals surface area contributed by atoms with Gasteiger partial charge in [-0.25, -0.2) is 4.99 Å². The number of likely N-dealkylation sites (tertiary alicyclic amines) is 1. The molecule has 0 spiro atoms. The van der Waals surface area contributed by atoms with E-state index in [4.69, 9.17) is 4.99 Å². The van der Waals surface area contributed by atoms with Gasteiger partial charge in [-0.05, 0) is 50.8 Å². The first-order valence-electron chi connectivity index (χ1n) is 10.6. The van der Waals surface area contributed by atoms with Crippen LogP contribution in [0.3, 0.4) is 0 Å². The highest BCUT2D eigenvalue weighted by molar-refractivity contribution is 5.94. The van der Waals surface area contributed by atoms with Gasteiger partial charge in [0.1, 0.15) is 0 Å². The molecular formula is C22H37N5O. The van der Waals surface area contributed by atoms with Gasteiger partial charge in [-0.3, -0.25) is 9.69 Å². The fraction of sp³-hybridized carbons (Fsp3) is 0.636. The van der Waals surface area contributed by atoms with Crippen LogP contribution in [0.1, 0.15) is 57.0 Å². The summed E-state index contributed by atoms with van der Waals surface area (Å²) < 4.78 is 0. The van der Waals surface area contributed by atoms with E-state index in [1.54, 1.807) is 0 Å². The zero-order chi connectivity index (χ0) is 20.5. The van der Waals surface area contributed by atoms with Gasteiger partial charge in [-0.15, -0.1) is 0 Å². The predicted molar refractivity (Wildman–Crippen MR) is 117 cm³/mol. The van der Waals surface area contributed by atoms with Crippen LogP contribution >= 0.6 is 0 Å². The number of amides is 1. The first-order valence-corrected chi connectivity index (χ1v) is 10.6. The molecule has 2 rings (SSSR count). The largest absolute Gasteiger partial charge is 0.357 e. The van der Waals surface area contributed by atoms with Crippen molar-refractivity contribution >= 4 is 11.9 Å². The van der Waals surface area contributed by atoms with Crippen molar-refractivity contribution in [3.8, 4) is 0 Å². The summed E-state index contributed by atoms with van der Waals surface area (Å²) in [6.45, 7) is 15.1. The fourth-order valence-electron chi connectivity index (χ4n) is 3.43. The van der Waals surface area contributed by atoms with E-state index < -0.39 is 0 Å². The van der Waals surface area contributed by atoms with E-state index in [2.05, 4.69) is 48.5 Å². The Hall–Kier alpha value is -2.08. The standard InChI is InChI=1S/C22H37N5O/c1-6-11-24-21(28)19-10-8-9-18(12-19)13-25-22(23-7-2)26-20-15-27(16(3)4)14-17(20)5/h8-10,12,16-17,20H,6-7,11,13-15H2,1-5H3,(H,24,28)(H2,23,25,26). The molecular weight excluding hydrogens is 350 g/mol. The van der Waals surface area contributed by atoms with Gasteiger partial charge in [0.2, 0.25) is 0 Å². The molecule has 0 aromatic heterocycles. The smallest absolute Gasteiger partial charge is 0.251 e. The van der Waals surface area contributed by atoms with E-state index in [1.165, 1.54) is 0 Å². The minimum absolute atomic E-state index is 0.0220.